The van der Waals surface area contributed by atoms with E-state index in [4.69, 9.17) is 18.9 Å². The van der Waals surface area contributed by atoms with Crippen LogP contribution in [0.3, 0.4) is 0 Å². The number of hydrogen-bond donors (Lipinski definition) is 0. The number of hydrogen-bond acceptors (Lipinski definition) is 7. The van der Waals surface area contributed by atoms with Crippen LogP contribution in [-0.2, 0) is 9.53 Å². The van der Waals surface area contributed by atoms with Gasteiger partial charge in [0.15, 0.2) is 0 Å². The van der Waals surface area contributed by atoms with E-state index in [1.54, 1.807) is 24.3 Å². The highest BCUT2D eigenvalue weighted by Crippen LogP contribution is 2.24. The predicted molar refractivity (Wildman–Crippen MR) is 77.0 cm³/mol. The minimum Gasteiger partial charge on any atom is -0.481 e. The fourth-order valence-electron chi connectivity index (χ4n) is 1.74. The van der Waals surface area contributed by atoms with Crippen LogP contribution in [-0.4, -0.2) is 37.3 Å². The highest BCUT2D eigenvalue weighted by molar-refractivity contribution is 5.76. The largest absolute Gasteiger partial charge is 0.481 e. The summed E-state index contributed by atoms with van der Waals surface area (Å²) in [5.41, 5.74) is 0.625. The van der Waals surface area contributed by atoms with Crippen molar-refractivity contribution in [3.63, 3.8) is 0 Å². The summed E-state index contributed by atoms with van der Waals surface area (Å²) in [4.78, 5) is 20.0. The van der Waals surface area contributed by atoms with Gasteiger partial charge in [-0.25, -0.2) is 4.79 Å². The molecule has 0 fully saturated rings. The van der Waals surface area contributed by atoms with Crippen LogP contribution < -0.4 is 14.2 Å². The summed E-state index contributed by atoms with van der Waals surface area (Å²) in [7, 11) is 4.20. The summed E-state index contributed by atoms with van der Waals surface area (Å²) < 4.78 is 20.4. The lowest BCUT2D eigenvalue weighted by molar-refractivity contribution is -0.149. The summed E-state index contributed by atoms with van der Waals surface area (Å²) in [6.07, 6.45) is -0.983. The van der Waals surface area contributed by atoms with Crippen molar-refractivity contribution >= 4 is 5.97 Å². The van der Waals surface area contributed by atoms with E-state index in [1.807, 2.05) is 6.07 Å². The topological polar surface area (TPSA) is 79.8 Å². The lowest BCUT2D eigenvalue weighted by atomic mass is 10.1. The number of rotatable bonds is 6. The molecule has 0 saturated heterocycles. The number of carbonyl (C=O) groups is 1. The van der Waals surface area contributed by atoms with Crippen LogP contribution in [0.1, 0.15) is 11.7 Å². The van der Waals surface area contributed by atoms with Gasteiger partial charge < -0.3 is 18.9 Å². The minimum atomic E-state index is -0.983. The van der Waals surface area contributed by atoms with Gasteiger partial charge in [-0.05, 0) is 0 Å². The number of nitrogens with zero attached hydrogens (tertiary/aromatic N) is 2. The molecule has 0 unspecified atom stereocenters. The van der Waals surface area contributed by atoms with Gasteiger partial charge in [0.25, 0.3) is 0 Å². The van der Waals surface area contributed by atoms with Crippen molar-refractivity contribution in [2.75, 3.05) is 21.3 Å². The molecule has 0 aliphatic carbocycles. The van der Waals surface area contributed by atoms with Crippen molar-refractivity contribution < 1.29 is 23.7 Å². The molecule has 0 aliphatic heterocycles. The first-order valence-corrected chi connectivity index (χ1v) is 6.44. The Morgan fingerprint density at radius 3 is 2.09 bits per heavy atom. The average Bonchev–Trinajstić information content (AvgIpc) is 2.59. The van der Waals surface area contributed by atoms with E-state index in [1.165, 1.54) is 27.4 Å². The molecule has 1 atom stereocenters. The molecule has 0 N–H and O–H groups in total. The number of ether oxygens (including phenoxy) is 4. The quantitative estimate of drug-likeness (QED) is 0.753. The molecule has 0 saturated carbocycles. The Bertz CT molecular complexity index is 611. The van der Waals surface area contributed by atoms with Crippen LogP contribution in [0, 0.1) is 0 Å². The third kappa shape index (κ3) is 3.63. The molecule has 1 aromatic carbocycles. The van der Waals surface area contributed by atoms with Crippen LogP contribution >= 0.6 is 0 Å². The lowest BCUT2D eigenvalue weighted by Crippen LogP contribution is -2.21. The second-order valence-electron chi connectivity index (χ2n) is 4.17. The van der Waals surface area contributed by atoms with Crippen LogP contribution in [0.15, 0.2) is 36.4 Å². The molecule has 116 valence electrons. The summed E-state index contributed by atoms with van der Waals surface area (Å²) >= 11 is 0. The van der Waals surface area contributed by atoms with Crippen molar-refractivity contribution in [1.29, 1.82) is 0 Å². The van der Waals surface area contributed by atoms with Crippen LogP contribution in [0.5, 0.6) is 17.8 Å². The monoisotopic (exact) mass is 304 g/mol. The van der Waals surface area contributed by atoms with Crippen molar-refractivity contribution in [3.05, 3.63) is 42.0 Å². The number of methoxy groups -OCH3 is 3. The highest BCUT2D eigenvalue weighted by atomic mass is 16.6. The van der Waals surface area contributed by atoms with Crippen LogP contribution in [0.4, 0.5) is 0 Å². The van der Waals surface area contributed by atoms with E-state index in [0.717, 1.165) is 0 Å². The summed E-state index contributed by atoms with van der Waals surface area (Å²) in [6.45, 7) is 0. The molecule has 0 bridgehead atoms. The van der Waals surface area contributed by atoms with Crippen molar-refractivity contribution in [2.24, 2.45) is 0 Å². The molecule has 1 aromatic heterocycles. The molecule has 22 heavy (non-hydrogen) atoms. The van der Waals surface area contributed by atoms with Gasteiger partial charge >= 0.3 is 12.0 Å². The number of aromatic nitrogens is 2. The molecule has 0 radical (unpaired) electrons. The predicted octanol–water partition coefficient (Wildman–Crippen LogP) is 1.79. The lowest BCUT2D eigenvalue weighted by Gasteiger charge is -2.16. The second kappa shape index (κ2) is 7.26. The van der Waals surface area contributed by atoms with Gasteiger partial charge in [-0.15, -0.1) is 0 Å². The highest BCUT2D eigenvalue weighted by Gasteiger charge is 2.25. The number of esters is 1. The summed E-state index contributed by atoms with van der Waals surface area (Å²) in [6, 6.07) is 10.4. The molecule has 0 amide bonds. The Morgan fingerprint density at radius 2 is 1.59 bits per heavy atom. The summed E-state index contributed by atoms with van der Waals surface area (Å²) in [5.74, 6) is -0.0337. The molecule has 7 heteroatoms. The van der Waals surface area contributed by atoms with Gasteiger partial charge in [0.1, 0.15) is 0 Å². The molecular weight excluding hydrogens is 288 g/mol. The zero-order chi connectivity index (χ0) is 15.9. The molecule has 2 aromatic rings. The molecular formula is C15H16N2O5. The van der Waals surface area contributed by atoms with E-state index in [2.05, 4.69) is 9.97 Å². The van der Waals surface area contributed by atoms with E-state index in [9.17, 15) is 4.79 Å². The Balaban J connectivity index is 2.33. The fourth-order valence-corrected chi connectivity index (χ4v) is 1.74. The normalized spacial score (nSPS) is 11.4. The Labute approximate surface area is 127 Å². The van der Waals surface area contributed by atoms with Gasteiger partial charge in [-0.1, -0.05) is 30.3 Å². The Hall–Kier alpha value is -2.83. The van der Waals surface area contributed by atoms with Crippen LogP contribution in [0.2, 0.25) is 0 Å². The van der Waals surface area contributed by atoms with Crippen molar-refractivity contribution in [1.82, 2.24) is 9.97 Å². The molecule has 0 aliphatic rings. The van der Waals surface area contributed by atoms with Crippen LogP contribution in [0.25, 0.3) is 0 Å². The first-order valence-electron chi connectivity index (χ1n) is 6.44. The Kier molecular flexibility index (Phi) is 5.13. The number of benzene rings is 1. The van der Waals surface area contributed by atoms with Gasteiger partial charge in [-0.3, -0.25) is 0 Å². The van der Waals surface area contributed by atoms with Gasteiger partial charge in [0.05, 0.1) is 27.4 Å². The zero-order valence-corrected chi connectivity index (χ0v) is 12.5. The third-order valence-electron chi connectivity index (χ3n) is 2.82. The maximum Gasteiger partial charge on any atom is 0.351 e. The maximum absolute atomic E-state index is 12.0. The van der Waals surface area contributed by atoms with Gasteiger partial charge in [0.2, 0.25) is 17.9 Å². The van der Waals surface area contributed by atoms with E-state index in [-0.39, 0.29) is 17.8 Å². The molecule has 7 nitrogen and oxygen atoms in total. The second-order valence-corrected chi connectivity index (χ2v) is 4.17. The van der Waals surface area contributed by atoms with Gasteiger partial charge in [-0.2, -0.15) is 9.97 Å². The smallest absolute Gasteiger partial charge is 0.351 e. The van der Waals surface area contributed by atoms with E-state index < -0.39 is 12.1 Å². The first-order chi connectivity index (χ1) is 10.7. The first kappa shape index (κ1) is 15.6. The molecule has 1 heterocycles. The minimum absolute atomic E-state index is 0.0459. The fraction of sp³-hybridized carbons (Fsp3) is 0.267. The standard InChI is InChI=1S/C15H16N2O5/c1-19-11-9-12(20-2)17-15(16-11)22-13(14(18)21-3)10-7-5-4-6-8-10/h4-9,13H,1-3H3/t13-/m1/s1. The molecule has 2 rings (SSSR count). The average molecular weight is 304 g/mol. The SMILES string of the molecule is COC(=O)[C@H](Oc1nc(OC)cc(OC)n1)c1ccccc1. The van der Waals surface area contributed by atoms with Crippen molar-refractivity contribution in [3.8, 4) is 17.8 Å². The Morgan fingerprint density at radius 1 is 1.00 bits per heavy atom. The number of carbonyl (C=O) groups excluding carboxylic acids is 1. The summed E-state index contributed by atoms with van der Waals surface area (Å²) in [5, 5.41) is 0. The van der Waals surface area contributed by atoms with E-state index >= 15 is 0 Å². The van der Waals surface area contributed by atoms with Gasteiger partial charge in [0, 0.05) is 5.56 Å². The van der Waals surface area contributed by atoms with E-state index in [0.29, 0.717) is 5.56 Å². The zero-order valence-electron chi connectivity index (χ0n) is 12.5. The molecule has 0 spiro atoms. The maximum atomic E-state index is 12.0. The third-order valence-corrected chi connectivity index (χ3v) is 2.82. The van der Waals surface area contributed by atoms with Crippen molar-refractivity contribution in [2.45, 2.75) is 6.10 Å².